The van der Waals surface area contributed by atoms with Crippen molar-refractivity contribution in [1.29, 1.82) is 0 Å². The Balaban J connectivity index is 3.18. The van der Waals surface area contributed by atoms with Crippen molar-refractivity contribution in [2.45, 2.75) is 6.04 Å². The molecule has 0 bridgehead atoms. The zero-order valence-electron chi connectivity index (χ0n) is 6.60. The van der Waals surface area contributed by atoms with Gasteiger partial charge in [0.1, 0.15) is 0 Å². The molecule has 0 saturated heterocycles. The molecule has 0 aliphatic carbocycles. The van der Waals surface area contributed by atoms with Gasteiger partial charge < -0.3 is 10.8 Å². The van der Waals surface area contributed by atoms with Crippen molar-refractivity contribution in [3.63, 3.8) is 0 Å². The molecule has 0 heterocycles. The van der Waals surface area contributed by atoms with Gasteiger partial charge in [-0.1, -0.05) is 17.7 Å². The van der Waals surface area contributed by atoms with Gasteiger partial charge in [-0.15, -0.1) is 0 Å². The quantitative estimate of drug-likeness (QED) is 0.808. The van der Waals surface area contributed by atoms with Gasteiger partial charge in [0.2, 0.25) is 0 Å². The molecule has 0 amide bonds. The summed E-state index contributed by atoms with van der Waals surface area (Å²) in [6, 6.07) is 2.39. The minimum atomic E-state index is -0.596. The number of rotatable bonds is 2. The standard InChI is InChI=1S/C8H8BrClFNO/c9-7-4(6(12)3-13)1-2-5(10)8(7)11/h1-2,6,13H,3,12H2. The van der Waals surface area contributed by atoms with Crippen LogP contribution in [0.15, 0.2) is 16.6 Å². The smallest absolute Gasteiger partial charge is 0.156 e. The molecule has 0 fully saturated rings. The molecule has 5 heteroatoms. The van der Waals surface area contributed by atoms with E-state index in [1.54, 1.807) is 6.07 Å². The van der Waals surface area contributed by atoms with Crippen molar-refractivity contribution in [2.75, 3.05) is 6.61 Å². The topological polar surface area (TPSA) is 46.2 Å². The third kappa shape index (κ3) is 2.20. The minimum Gasteiger partial charge on any atom is -0.394 e. The van der Waals surface area contributed by atoms with Crippen molar-refractivity contribution in [2.24, 2.45) is 5.73 Å². The summed E-state index contributed by atoms with van der Waals surface area (Å²) in [5.74, 6) is -0.553. The molecule has 1 atom stereocenters. The predicted octanol–water partition coefficient (Wildman–Crippen LogP) is 2.23. The Morgan fingerprint density at radius 1 is 1.62 bits per heavy atom. The van der Waals surface area contributed by atoms with Crippen molar-refractivity contribution in [3.8, 4) is 0 Å². The number of hydrogen-bond donors (Lipinski definition) is 2. The largest absolute Gasteiger partial charge is 0.394 e. The number of hydrogen-bond acceptors (Lipinski definition) is 2. The van der Waals surface area contributed by atoms with Crippen molar-refractivity contribution >= 4 is 27.5 Å². The van der Waals surface area contributed by atoms with Crippen LogP contribution < -0.4 is 5.73 Å². The van der Waals surface area contributed by atoms with E-state index in [2.05, 4.69) is 15.9 Å². The van der Waals surface area contributed by atoms with Gasteiger partial charge in [-0.25, -0.2) is 4.39 Å². The van der Waals surface area contributed by atoms with E-state index in [1.165, 1.54) is 6.07 Å². The first kappa shape index (κ1) is 10.9. The molecule has 0 saturated carbocycles. The number of halogens is 3. The van der Waals surface area contributed by atoms with Gasteiger partial charge in [0, 0.05) is 0 Å². The fourth-order valence-electron chi connectivity index (χ4n) is 0.926. The third-order valence-corrected chi connectivity index (χ3v) is 2.76. The van der Waals surface area contributed by atoms with Crippen LogP contribution in [-0.2, 0) is 0 Å². The molecule has 1 aromatic carbocycles. The van der Waals surface area contributed by atoms with Crippen molar-refractivity contribution in [3.05, 3.63) is 33.0 Å². The Labute approximate surface area is 88.6 Å². The second-order valence-corrected chi connectivity index (χ2v) is 3.75. The molecular weight excluding hydrogens is 260 g/mol. The number of aliphatic hydroxyl groups is 1. The number of benzene rings is 1. The molecule has 0 aliphatic heterocycles. The maximum Gasteiger partial charge on any atom is 0.156 e. The van der Waals surface area contributed by atoms with E-state index < -0.39 is 11.9 Å². The maximum atomic E-state index is 13.2. The first-order valence-corrected chi connectivity index (χ1v) is 4.75. The molecule has 0 radical (unpaired) electrons. The highest BCUT2D eigenvalue weighted by Crippen LogP contribution is 2.29. The summed E-state index contributed by atoms with van der Waals surface area (Å²) in [6.07, 6.45) is 0. The average Bonchev–Trinajstić information content (AvgIpc) is 2.13. The van der Waals surface area contributed by atoms with E-state index in [0.29, 0.717) is 5.56 Å². The van der Waals surface area contributed by atoms with Crippen LogP contribution in [0.2, 0.25) is 5.02 Å². The van der Waals surface area contributed by atoms with Crippen LogP contribution in [-0.4, -0.2) is 11.7 Å². The summed E-state index contributed by atoms with van der Waals surface area (Å²) < 4.78 is 13.4. The zero-order chi connectivity index (χ0) is 10.0. The fourth-order valence-corrected chi connectivity index (χ4v) is 1.84. The fraction of sp³-hybridized carbons (Fsp3) is 0.250. The molecule has 13 heavy (non-hydrogen) atoms. The van der Waals surface area contributed by atoms with E-state index in [-0.39, 0.29) is 16.1 Å². The van der Waals surface area contributed by atoms with E-state index in [1.807, 2.05) is 0 Å². The van der Waals surface area contributed by atoms with Gasteiger partial charge in [-0.2, -0.15) is 0 Å². The van der Waals surface area contributed by atoms with Gasteiger partial charge in [-0.05, 0) is 27.6 Å². The highest BCUT2D eigenvalue weighted by atomic mass is 79.9. The van der Waals surface area contributed by atoms with Crippen LogP contribution in [0, 0.1) is 5.82 Å². The maximum absolute atomic E-state index is 13.2. The molecule has 3 N–H and O–H groups in total. The number of nitrogens with two attached hydrogens (primary N) is 1. The first-order chi connectivity index (χ1) is 6.07. The Morgan fingerprint density at radius 2 is 2.23 bits per heavy atom. The Kier molecular flexibility index (Phi) is 3.67. The molecule has 72 valence electrons. The summed E-state index contributed by atoms with van der Waals surface area (Å²) in [5, 5.41) is 8.80. The van der Waals surface area contributed by atoms with Gasteiger partial charge in [0.25, 0.3) is 0 Å². The van der Waals surface area contributed by atoms with Gasteiger partial charge >= 0.3 is 0 Å². The summed E-state index contributed by atoms with van der Waals surface area (Å²) in [5.41, 5.74) is 6.03. The normalized spacial score (nSPS) is 13.0. The Bertz CT molecular complexity index is 321. The lowest BCUT2D eigenvalue weighted by Gasteiger charge is -2.11. The molecule has 0 spiro atoms. The molecule has 0 aromatic heterocycles. The molecule has 1 aromatic rings. The van der Waals surface area contributed by atoms with Gasteiger partial charge in [0.05, 0.1) is 22.1 Å². The van der Waals surface area contributed by atoms with E-state index in [9.17, 15) is 4.39 Å². The molecule has 2 nitrogen and oxygen atoms in total. The monoisotopic (exact) mass is 267 g/mol. The minimum absolute atomic E-state index is 0.0285. The molecular formula is C8H8BrClFNO. The lowest BCUT2D eigenvalue weighted by Crippen LogP contribution is -2.15. The summed E-state index contributed by atoms with van der Waals surface area (Å²) in [4.78, 5) is 0. The van der Waals surface area contributed by atoms with Crippen LogP contribution in [0.1, 0.15) is 11.6 Å². The first-order valence-electron chi connectivity index (χ1n) is 3.57. The molecule has 1 unspecified atom stereocenters. The number of aliphatic hydroxyl groups excluding tert-OH is 1. The van der Waals surface area contributed by atoms with Crippen LogP contribution in [0.25, 0.3) is 0 Å². The van der Waals surface area contributed by atoms with E-state index in [4.69, 9.17) is 22.4 Å². The summed E-state index contributed by atoms with van der Waals surface area (Å²) in [7, 11) is 0. The highest BCUT2D eigenvalue weighted by molar-refractivity contribution is 9.10. The highest BCUT2D eigenvalue weighted by Gasteiger charge is 2.14. The summed E-state index contributed by atoms with van der Waals surface area (Å²) in [6.45, 7) is -0.236. The third-order valence-electron chi connectivity index (χ3n) is 1.66. The van der Waals surface area contributed by atoms with Crippen LogP contribution in [0.4, 0.5) is 4.39 Å². The van der Waals surface area contributed by atoms with E-state index in [0.717, 1.165) is 0 Å². The Hall–Kier alpha value is -0.160. The van der Waals surface area contributed by atoms with Crippen LogP contribution >= 0.6 is 27.5 Å². The second-order valence-electron chi connectivity index (χ2n) is 2.55. The van der Waals surface area contributed by atoms with Gasteiger partial charge in [-0.3, -0.25) is 0 Å². The van der Waals surface area contributed by atoms with Crippen molar-refractivity contribution in [1.82, 2.24) is 0 Å². The van der Waals surface area contributed by atoms with Crippen molar-refractivity contribution < 1.29 is 9.50 Å². The average molecular weight is 269 g/mol. The van der Waals surface area contributed by atoms with Crippen LogP contribution in [0.3, 0.4) is 0 Å². The lowest BCUT2D eigenvalue weighted by atomic mass is 10.1. The molecule has 0 aliphatic rings. The Morgan fingerprint density at radius 3 is 2.77 bits per heavy atom. The van der Waals surface area contributed by atoms with Gasteiger partial charge in [0.15, 0.2) is 5.82 Å². The SMILES string of the molecule is NC(CO)c1ccc(Cl)c(F)c1Br. The zero-order valence-corrected chi connectivity index (χ0v) is 8.94. The summed E-state index contributed by atoms with van der Waals surface area (Å²) >= 11 is 8.55. The second kappa shape index (κ2) is 4.37. The van der Waals surface area contributed by atoms with Crippen LogP contribution in [0.5, 0.6) is 0 Å². The van der Waals surface area contributed by atoms with E-state index >= 15 is 0 Å². The molecule has 1 rings (SSSR count). The predicted molar refractivity (Wildman–Crippen MR) is 53.1 cm³/mol. The lowest BCUT2D eigenvalue weighted by molar-refractivity contribution is 0.267.